The van der Waals surface area contributed by atoms with E-state index < -0.39 is 16.9 Å². The van der Waals surface area contributed by atoms with E-state index in [4.69, 9.17) is 26.1 Å². The number of non-ortho nitro benzene ring substituents is 1. The highest BCUT2D eigenvalue weighted by molar-refractivity contribution is 9.10. The van der Waals surface area contributed by atoms with Crippen LogP contribution in [0.25, 0.3) is 16.6 Å². The Morgan fingerprint density at radius 3 is 2.50 bits per heavy atom. The Bertz CT molecular complexity index is 1640. The molecule has 4 rings (SSSR count). The summed E-state index contributed by atoms with van der Waals surface area (Å²) >= 11 is 9.76. The molecule has 196 valence electrons. The molecular weight excluding hydrogens is 580 g/mol. The second-order valence-corrected chi connectivity index (χ2v) is 9.50. The smallest absolute Gasteiger partial charge is 0.270 e. The SMILES string of the molecule is COc1cc(OC)c(Br)c(-n2c(C(C)N(C)C(=O)c3ccc([N+](=O)[O-])cc3Cl)nc3ccccc3c2=O)c1. The first-order valence-corrected chi connectivity index (χ1v) is 12.4. The zero-order chi connectivity index (χ0) is 27.7. The molecule has 0 saturated carbocycles. The van der Waals surface area contributed by atoms with Crippen LogP contribution in [-0.4, -0.2) is 46.5 Å². The van der Waals surface area contributed by atoms with E-state index in [1.165, 1.54) is 42.9 Å². The molecule has 1 atom stereocenters. The molecule has 0 aliphatic heterocycles. The van der Waals surface area contributed by atoms with Gasteiger partial charge in [0.1, 0.15) is 17.3 Å². The minimum atomic E-state index is -0.741. The molecule has 0 aliphatic rings. The molecule has 38 heavy (non-hydrogen) atoms. The lowest BCUT2D eigenvalue weighted by Crippen LogP contribution is -2.35. The van der Waals surface area contributed by atoms with Crippen molar-refractivity contribution in [2.45, 2.75) is 13.0 Å². The molecule has 3 aromatic carbocycles. The number of para-hydroxylation sites is 1. The van der Waals surface area contributed by atoms with Gasteiger partial charge in [-0.1, -0.05) is 23.7 Å². The van der Waals surface area contributed by atoms with Crippen molar-refractivity contribution in [3.63, 3.8) is 0 Å². The number of nitrogens with zero attached hydrogens (tertiary/aromatic N) is 4. The molecule has 0 saturated heterocycles. The Labute approximate surface area is 230 Å². The number of benzene rings is 3. The number of halogens is 2. The Morgan fingerprint density at radius 2 is 1.87 bits per heavy atom. The van der Waals surface area contributed by atoms with Crippen LogP contribution in [0.2, 0.25) is 5.02 Å². The minimum Gasteiger partial charge on any atom is -0.497 e. The topological polar surface area (TPSA) is 117 Å². The summed E-state index contributed by atoms with van der Waals surface area (Å²) in [7, 11) is 4.53. The highest BCUT2D eigenvalue weighted by atomic mass is 79.9. The fourth-order valence-electron chi connectivity index (χ4n) is 3.98. The van der Waals surface area contributed by atoms with Gasteiger partial charge in [-0.25, -0.2) is 4.98 Å². The summed E-state index contributed by atoms with van der Waals surface area (Å²) in [5.74, 6) is 0.633. The van der Waals surface area contributed by atoms with E-state index in [2.05, 4.69) is 15.9 Å². The van der Waals surface area contributed by atoms with Crippen LogP contribution in [0.1, 0.15) is 29.1 Å². The van der Waals surface area contributed by atoms with Crippen molar-refractivity contribution in [2.75, 3.05) is 21.3 Å². The zero-order valence-corrected chi connectivity index (χ0v) is 23.1. The van der Waals surface area contributed by atoms with Crippen LogP contribution < -0.4 is 15.0 Å². The van der Waals surface area contributed by atoms with Crippen molar-refractivity contribution in [1.82, 2.24) is 14.5 Å². The summed E-state index contributed by atoms with van der Waals surface area (Å²) < 4.78 is 12.8. The van der Waals surface area contributed by atoms with E-state index in [-0.39, 0.29) is 27.7 Å². The molecule has 1 unspecified atom stereocenters. The first-order chi connectivity index (χ1) is 18.1. The maximum atomic E-state index is 13.9. The summed E-state index contributed by atoms with van der Waals surface area (Å²) in [6.45, 7) is 1.72. The van der Waals surface area contributed by atoms with Crippen LogP contribution >= 0.6 is 27.5 Å². The summed E-state index contributed by atoms with van der Waals surface area (Å²) in [6, 6.07) is 13.1. The number of fused-ring (bicyclic) bond motifs is 1. The molecule has 10 nitrogen and oxygen atoms in total. The number of hydrogen-bond donors (Lipinski definition) is 0. The predicted octanol–water partition coefficient (Wildman–Crippen LogP) is 5.56. The standard InChI is InChI=1S/C26H22BrClN4O6/c1-14(30(2)25(33)17-10-9-15(32(35)36)11-19(17)28)24-29-20-8-6-5-7-18(20)26(34)31(24)21-12-16(37-3)13-22(38-4)23(21)27/h5-14H,1-4H3. The van der Waals surface area contributed by atoms with E-state index in [9.17, 15) is 19.7 Å². The fraction of sp³-hybridized carbons (Fsp3) is 0.192. The zero-order valence-electron chi connectivity index (χ0n) is 20.8. The van der Waals surface area contributed by atoms with Gasteiger partial charge in [0.05, 0.1) is 56.8 Å². The first kappa shape index (κ1) is 27.1. The average Bonchev–Trinajstić information content (AvgIpc) is 2.92. The van der Waals surface area contributed by atoms with Crippen molar-refractivity contribution < 1.29 is 19.2 Å². The fourth-order valence-corrected chi connectivity index (χ4v) is 4.80. The van der Waals surface area contributed by atoms with E-state index >= 15 is 0 Å². The predicted molar refractivity (Wildman–Crippen MR) is 147 cm³/mol. The molecule has 1 aromatic heterocycles. The van der Waals surface area contributed by atoms with Gasteiger partial charge in [0.15, 0.2) is 0 Å². The number of nitro benzene ring substituents is 1. The van der Waals surface area contributed by atoms with E-state index in [1.807, 2.05) is 0 Å². The number of ether oxygens (including phenoxy) is 2. The van der Waals surface area contributed by atoms with Crippen LogP contribution in [0.5, 0.6) is 11.5 Å². The summed E-state index contributed by atoms with van der Waals surface area (Å²) in [6.07, 6.45) is 0. The third-order valence-electron chi connectivity index (χ3n) is 6.16. The van der Waals surface area contributed by atoms with Crippen molar-refractivity contribution in [2.24, 2.45) is 0 Å². The van der Waals surface area contributed by atoms with Crippen molar-refractivity contribution >= 4 is 50.0 Å². The van der Waals surface area contributed by atoms with Gasteiger partial charge in [-0.15, -0.1) is 0 Å². The summed E-state index contributed by atoms with van der Waals surface area (Å²) in [4.78, 5) is 43.9. The van der Waals surface area contributed by atoms with Gasteiger partial charge in [0.2, 0.25) is 0 Å². The molecular formula is C26H22BrClN4O6. The van der Waals surface area contributed by atoms with Crippen molar-refractivity contribution in [3.8, 4) is 17.2 Å². The molecule has 4 aromatic rings. The van der Waals surface area contributed by atoms with E-state index in [1.54, 1.807) is 43.3 Å². The number of rotatable bonds is 7. The Hall–Kier alpha value is -3.96. The number of nitro groups is 1. The number of carbonyl (C=O) groups excluding carboxylic acids is 1. The highest BCUT2D eigenvalue weighted by Crippen LogP contribution is 2.37. The van der Waals surface area contributed by atoms with Gasteiger partial charge in [-0.05, 0) is 41.1 Å². The van der Waals surface area contributed by atoms with Gasteiger partial charge in [-0.2, -0.15) is 0 Å². The lowest BCUT2D eigenvalue weighted by molar-refractivity contribution is -0.384. The van der Waals surface area contributed by atoms with Gasteiger partial charge < -0.3 is 14.4 Å². The van der Waals surface area contributed by atoms with Gasteiger partial charge in [-0.3, -0.25) is 24.3 Å². The number of hydrogen-bond acceptors (Lipinski definition) is 7. The molecule has 0 N–H and O–H groups in total. The lowest BCUT2D eigenvalue weighted by atomic mass is 10.1. The number of amides is 1. The second kappa shape index (κ2) is 10.8. The van der Waals surface area contributed by atoms with Crippen molar-refractivity contribution in [1.29, 1.82) is 0 Å². The molecule has 0 fully saturated rings. The number of aromatic nitrogens is 2. The van der Waals surface area contributed by atoms with Crippen LogP contribution in [0.3, 0.4) is 0 Å². The maximum absolute atomic E-state index is 13.9. The van der Waals surface area contributed by atoms with E-state index in [0.717, 1.165) is 6.07 Å². The van der Waals surface area contributed by atoms with Crippen LogP contribution in [-0.2, 0) is 0 Å². The highest BCUT2D eigenvalue weighted by Gasteiger charge is 2.28. The first-order valence-electron chi connectivity index (χ1n) is 11.2. The lowest BCUT2D eigenvalue weighted by Gasteiger charge is -2.28. The summed E-state index contributed by atoms with van der Waals surface area (Å²) in [5.41, 5.74) is 0.341. The van der Waals surface area contributed by atoms with Crippen LogP contribution in [0, 0.1) is 10.1 Å². The molecule has 0 radical (unpaired) electrons. The Balaban J connectivity index is 1.92. The number of methoxy groups -OCH3 is 2. The average molecular weight is 602 g/mol. The normalized spacial score (nSPS) is 11.7. The molecule has 0 bridgehead atoms. The largest absolute Gasteiger partial charge is 0.497 e. The number of carbonyl (C=O) groups is 1. The Morgan fingerprint density at radius 1 is 1.16 bits per heavy atom. The molecule has 12 heteroatoms. The minimum absolute atomic E-state index is 0.0626. The van der Waals surface area contributed by atoms with Crippen molar-refractivity contribution in [3.05, 3.63) is 95.9 Å². The quantitative estimate of drug-likeness (QED) is 0.201. The second-order valence-electron chi connectivity index (χ2n) is 8.30. The van der Waals surface area contributed by atoms with Crippen LogP contribution in [0.4, 0.5) is 5.69 Å². The third kappa shape index (κ3) is 4.82. The molecule has 1 heterocycles. The molecule has 0 aliphatic carbocycles. The third-order valence-corrected chi connectivity index (χ3v) is 7.27. The van der Waals surface area contributed by atoms with Gasteiger partial charge in [0, 0.05) is 31.3 Å². The van der Waals surface area contributed by atoms with Gasteiger partial charge >= 0.3 is 0 Å². The maximum Gasteiger partial charge on any atom is 0.270 e. The molecule has 1 amide bonds. The van der Waals surface area contributed by atoms with Gasteiger partial charge in [0.25, 0.3) is 17.2 Å². The molecule has 0 spiro atoms. The van der Waals surface area contributed by atoms with E-state index in [0.29, 0.717) is 32.6 Å². The summed E-state index contributed by atoms with van der Waals surface area (Å²) in [5, 5.41) is 11.4. The van der Waals surface area contributed by atoms with Crippen LogP contribution in [0.15, 0.2) is 63.9 Å². The Kier molecular flexibility index (Phi) is 7.70. The monoisotopic (exact) mass is 600 g/mol.